The number of rotatable bonds is 8. The second-order valence-electron chi connectivity index (χ2n) is 7.09. The maximum Gasteiger partial charge on any atom is 0.242 e. The van der Waals surface area contributed by atoms with Crippen molar-refractivity contribution >= 4 is 35.0 Å². The molecular weight excluding hydrogens is 392 g/mol. The summed E-state index contributed by atoms with van der Waals surface area (Å²) in [4.78, 5) is 26.0. The van der Waals surface area contributed by atoms with Crippen LogP contribution in [0.3, 0.4) is 0 Å². The molecule has 1 unspecified atom stereocenters. The quantitative estimate of drug-likeness (QED) is 0.428. The number of hydrogen-bond acceptors (Lipinski definition) is 3. The Morgan fingerprint density at radius 3 is 2.27 bits per heavy atom. The van der Waals surface area contributed by atoms with Gasteiger partial charge in [0, 0.05) is 22.7 Å². The lowest BCUT2D eigenvalue weighted by Crippen LogP contribution is -2.19. The SMILES string of the molecule is CCCC(=O)Nc1cccc(SC(C(=O)Nc2cccc(C)c2)c2ccccc2)c1. The van der Waals surface area contributed by atoms with Gasteiger partial charge in [-0.05, 0) is 54.8 Å². The molecule has 0 saturated carbocycles. The summed E-state index contributed by atoms with van der Waals surface area (Å²) < 4.78 is 0. The molecule has 0 fully saturated rings. The summed E-state index contributed by atoms with van der Waals surface area (Å²) in [5.74, 6) is -0.0892. The molecule has 154 valence electrons. The van der Waals surface area contributed by atoms with E-state index in [9.17, 15) is 9.59 Å². The van der Waals surface area contributed by atoms with Gasteiger partial charge in [-0.1, -0.05) is 55.5 Å². The van der Waals surface area contributed by atoms with E-state index in [0.29, 0.717) is 6.42 Å². The Morgan fingerprint density at radius 2 is 1.57 bits per heavy atom. The van der Waals surface area contributed by atoms with E-state index in [1.165, 1.54) is 11.8 Å². The average molecular weight is 419 g/mol. The zero-order valence-electron chi connectivity index (χ0n) is 17.2. The van der Waals surface area contributed by atoms with Gasteiger partial charge in [0.1, 0.15) is 5.25 Å². The van der Waals surface area contributed by atoms with Crippen LogP contribution in [0.5, 0.6) is 0 Å². The van der Waals surface area contributed by atoms with Gasteiger partial charge in [-0.3, -0.25) is 9.59 Å². The van der Waals surface area contributed by atoms with Gasteiger partial charge in [-0.2, -0.15) is 0 Å². The van der Waals surface area contributed by atoms with E-state index in [1.807, 2.05) is 92.7 Å². The van der Waals surface area contributed by atoms with Crippen LogP contribution >= 0.6 is 11.8 Å². The first-order valence-electron chi connectivity index (χ1n) is 10.0. The van der Waals surface area contributed by atoms with Crippen molar-refractivity contribution < 1.29 is 9.59 Å². The molecule has 2 amide bonds. The Labute approximate surface area is 182 Å². The third-order valence-corrected chi connectivity index (χ3v) is 5.72. The topological polar surface area (TPSA) is 58.2 Å². The van der Waals surface area contributed by atoms with Crippen LogP contribution in [0.15, 0.2) is 83.8 Å². The zero-order chi connectivity index (χ0) is 21.3. The van der Waals surface area contributed by atoms with Crippen LogP contribution < -0.4 is 10.6 Å². The summed E-state index contributed by atoms with van der Waals surface area (Å²) >= 11 is 1.46. The van der Waals surface area contributed by atoms with E-state index in [4.69, 9.17) is 0 Å². The molecule has 4 nitrogen and oxygen atoms in total. The number of amides is 2. The summed E-state index contributed by atoms with van der Waals surface area (Å²) in [6.07, 6.45) is 1.29. The van der Waals surface area contributed by atoms with Gasteiger partial charge in [0.25, 0.3) is 0 Å². The lowest BCUT2D eigenvalue weighted by Gasteiger charge is -2.18. The Morgan fingerprint density at radius 1 is 0.867 bits per heavy atom. The molecule has 3 aromatic carbocycles. The maximum absolute atomic E-state index is 13.2. The van der Waals surface area contributed by atoms with Crippen LogP contribution in [0.25, 0.3) is 0 Å². The van der Waals surface area contributed by atoms with Gasteiger partial charge in [-0.25, -0.2) is 0 Å². The van der Waals surface area contributed by atoms with E-state index in [0.717, 1.165) is 33.8 Å². The van der Waals surface area contributed by atoms with Crippen molar-refractivity contribution in [1.82, 2.24) is 0 Å². The van der Waals surface area contributed by atoms with Crippen LogP contribution in [0, 0.1) is 6.92 Å². The van der Waals surface area contributed by atoms with Gasteiger partial charge in [0.05, 0.1) is 0 Å². The second kappa shape index (κ2) is 10.6. The molecule has 0 aliphatic heterocycles. The monoisotopic (exact) mass is 418 g/mol. The van der Waals surface area contributed by atoms with E-state index in [-0.39, 0.29) is 11.8 Å². The van der Waals surface area contributed by atoms with Crippen molar-refractivity contribution in [2.45, 2.75) is 36.8 Å². The molecular formula is C25H26N2O2S. The fraction of sp³-hybridized carbons (Fsp3) is 0.200. The van der Waals surface area contributed by atoms with E-state index in [1.54, 1.807) is 0 Å². The van der Waals surface area contributed by atoms with Crippen LogP contribution in [-0.2, 0) is 9.59 Å². The minimum absolute atomic E-state index is 0.00329. The number of benzene rings is 3. The first-order chi connectivity index (χ1) is 14.5. The summed E-state index contributed by atoms with van der Waals surface area (Å²) in [7, 11) is 0. The smallest absolute Gasteiger partial charge is 0.242 e. The van der Waals surface area contributed by atoms with Crippen molar-refractivity contribution in [2.24, 2.45) is 0 Å². The van der Waals surface area contributed by atoms with Crippen molar-refractivity contribution in [3.63, 3.8) is 0 Å². The summed E-state index contributed by atoms with van der Waals surface area (Å²) in [5.41, 5.74) is 3.53. The van der Waals surface area contributed by atoms with Gasteiger partial charge in [-0.15, -0.1) is 11.8 Å². The van der Waals surface area contributed by atoms with E-state index < -0.39 is 5.25 Å². The second-order valence-corrected chi connectivity index (χ2v) is 8.27. The fourth-order valence-corrected chi connectivity index (χ4v) is 4.15. The average Bonchev–Trinajstić information content (AvgIpc) is 2.73. The highest BCUT2D eigenvalue weighted by atomic mass is 32.2. The number of hydrogen-bond donors (Lipinski definition) is 2. The highest BCUT2D eigenvalue weighted by molar-refractivity contribution is 8.00. The third kappa shape index (κ3) is 6.22. The van der Waals surface area contributed by atoms with Gasteiger partial charge in [0.15, 0.2) is 0 Å². The largest absolute Gasteiger partial charge is 0.326 e. The summed E-state index contributed by atoms with van der Waals surface area (Å²) in [6, 6.07) is 25.1. The predicted molar refractivity (Wildman–Crippen MR) is 125 cm³/mol. The Hall–Kier alpha value is -3.05. The predicted octanol–water partition coefficient (Wildman–Crippen LogP) is 6.21. The standard InChI is InChI=1S/C25H26N2O2S/c1-3-9-23(28)26-21-14-8-15-22(17-21)30-24(19-11-5-4-6-12-19)25(29)27-20-13-7-10-18(2)16-20/h4-8,10-17,24H,3,9H2,1-2H3,(H,26,28)(H,27,29). The molecule has 0 spiro atoms. The molecule has 1 atom stereocenters. The third-order valence-electron chi connectivity index (χ3n) is 4.47. The lowest BCUT2D eigenvalue weighted by atomic mass is 10.1. The molecule has 2 N–H and O–H groups in total. The normalized spacial score (nSPS) is 11.5. The van der Waals surface area contributed by atoms with E-state index >= 15 is 0 Å². The molecule has 0 aromatic heterocycles. The molecule has 30 heavy (non-hydrogen) atoms. The molecule has 3 rings (SSSR count). The molecule has 0 aliphatic carbocycles. The molecule has 0 heterocycles. The first kappa shape index (κ1) is 21.7. The van der Waals surface area contributed by atoms with Crippen molar-refractivity contribution in [3.05, 3.63) is 90.0 Å². The number of carbonyl (C=O) groups excluding carboxylic acids is 2. The van der Waals surface area contributed by atoms with Gasteiger partial charge in [0.2, 0.25) is 11.8 Å². The minimum atomic E-state index is -0.423. The van der Waals surface area contributed by atoms with Crippen molar-refractivity contribution in [2.75, 3.05) is 10.6 Å². The minimum Gasteiger partial charge on any atom is -0.326 e. The van der Waals surface area contributed by atoms with Gasteiger partial charge < -0.3 is 10.6 Å². The summed E-state index contributed by atoms with van der Waals surface area (Å²) in [6.45, 7) is 3.97. The molecule has 0 saturated heterocycles. The highest BCUT2D eigenvalue weighted by Gasteiger charge is 2.22. The number of carbonyl (C=O) groups is 2. The van der Waals surface area contributed by atoms with Gasteiger partial charge >= 0.3 is 0 Å². The first-order valence-corrected chi connectivity index (χ1v) is 10.9. The Balaban J connectivity index is 1.81. The molecule has 0 radical (unpaired) electrons. The van der Waals surface area contributed by atoms with Crippen LogP contribution in [-0.4, -0.2) is 11.8 Å². The fourth-order valence-electron chi connectivity index (χ4n) is 3.07. The lowest BCUT2D eigenvalue weighted by molar-refractivity contribution is -0.116. The van der Waals surface area contributed by atoms with Crippen molar-refractivity contribution in [3.8, 4) is 0 Å². The number of nitrogens with one attached hydrogen (secondary N) is 2. The van der Waals surface area contributed by atoms with Crippen LogP contribution in [0.4, 0.5) is 11.4 Å². The van der Waals surface area contributed by atoms with Crippen LogP contribution in [0.1, 0.15) is 36.1 Å². The molecule has 0 bridgehead atoms. The number of anilines is 2. The summed E-state index contributed by atoms with van der Waals surface area (Å²) in [5, 5.41) is 5.53. The Bertz CT molecular complexity index is 1000. The maximum atomic E-state index is 13.2. The molecule has 3 aromatic rings. The van der Waals surface area contributed by atoms with Crippen molar-refractivity contribution in [1.29, 1.82) is 0 Å². The molecule has 0 aliphatic rings. The molecule has 5 heteroatoms. The highest BCUT2D eigenvalue weighted by Crippen LogP contribution is 2.37. The number of aryl methyl sites for hydroxylation is 1. The number of thioether (sulfide) groups is 1. The zero-order valence-corrected chi connectivity index (χ0v) is 18.0. The Kier molecular flexibility index (Phi) is 7.69. The van der Waals surface area contributed by atoms with Crippen LogP contribution in [0.2, 0.25) is 0 Å². The van der Waals surface area contributed by atoms with E-state index in [2.05, 4.69) is 10.6 Å².